The predicted octanol–water partition coefficient (Wildman–Crippen LogP) is 3.60. The van der Waals surface area contributed by atoms with Crippen molar-refractivity contribution in [3.05, 3.63) is 52.8 Å². The average Bonchev–Trinajstić information content (AvgIpc) is 2.45. The van der Waals surface area contributed by atoms with Crippen molar-refractivity contribution in [2.75, 3.05) is 12.4 Å². The van der Waals surface area contributed by atoms with E-state index in [0.717, 1.165) is 17.1 Å². The van der Waals surface area contributed by atoms with Gasteiger partial charge in [0, 0.05) is 11.4 Å². The van der Waals surface area contributed by atoms with Crippen LogP contribution in [0.25, 0.3) is 0 Å². The van der Waals surface area contributed by atoms with Crippen LogP contribution in [-0.2, 0) is 6.54 Å². The van der Waals surface area contributed by atoms with Crippen LogP contribution in [0, 0.1) is 6.92 Å². The number of hydrogen-bond donors (Lipinski definition) is 2. The Bertz CT molecular complexity index is 664. The lowest BCUT2D eigenvalue weighted by Crippen LogP contribution is -2.22. The van der Waals surface area contributed by atoms with Crippen molar-refractivity contribution in [1.29, 1.82) is 0 Å². The van der Waals surface area contributed by atoms with E-state index >= 15 is 0 Å². The molecule has 2 rings (SSSR count). The zero-order chi connectivity index (χ0) is 15.2. The van der Waals surface area contributed by atoms with Gasteiger partial charge in [-0.3, -0.25) is 4.98 Å². The number of guanidine groups is 1. The van der Waals surface area contributed by atoms with E-state index < -0.39 is 0 Å². The van der Waals surface area contributed by atoms with Gasteiger partial charge in [-0.2, -0.15) is 0 Å². The number of aromatic nitrogens is 1. The number of ether oxygens (including phenoxy) is 1. The molecule has 5 nitrogen and oxygen atoms in total. The summed E-state index contributed by atoms with van der Waals surface area (Å²) >= 11 is 6.05. The highest BCUT2D eigenvalue weighted by molar-refractivity contribution is 14.0. The predicted molar refractivity (Wildman–Crippen MR) is 101 cm³/mol. The van der Waals surface area contributed by atoms with E-state index in [1.165, 1.54) is 0 Å². The SMILES string of the molecule is COc1ccc(NC(N)=NCc2cccc(C)n2)cc1Cl.I. The molecule has 0 radical (unpaired) electrons. The van der Waals surface area contributed by atoms with E-state index in [1.54, 1.807) is 19.2 Å². The van der Waals surface area contributed by atoms with Gasteiger partial charge in [-0.1, -0.05) is 17.7 Å². The molecule has 0 fully saturated rings. The Morgan fingerprint density at radius 2 is 2.14 bits per heavy atom. The summed E-state index contributed by atoms with van der Waals surface area (Å²) in [6.07, 6.45) is 0. The molecule has 22 heavy (non-hydrogen) atoms. The van der Waals surface area contributed by atoms with Gasteiger partial charge < -0.3 is 15.8 Å². The first-order valence-electron chi connectivity index (χ1n) is 6.41. The Labute approximate surface area is 152 Å². The van der Waals surface area contributed by atoms with E-state index in [9.17, 15) is 0 Å². The van der Waals surface area contributed by atoms with Gasteiger partial charge in [0.05, 0.1) is 24.4 Å². The Kier molecular flexibility index (Phi) is 7.40. The summed E-state index contributed by atoms with van der Waals surface area (Å²) in [6, 6.07) is 11.1. The second kappa shape index (κ2) is 8.79. The lowest BCUT2D eigenvalue weighted by Gasteiger charge is -2.08. The number of nitrogens with zero attached hydrogens (tertiary/aromatic N) is 2. The van der Waals surface area contributed by atoms with Crippen molar-refractivity contribution in [3.8, 4) is 5.75 Å². The van der Waals surface area contributed by atoms with Gasteiger partial charge in [-0.05, 0) is 37.3 Å². The minimum atomic E-state index is 0. The Morgan fingerprint density at radius 1 is 1.36 bits per heavy atom. The second-order valence-corrected chi connectivity index (χ2v) is 4.85. The Hall–Kier alpha value is -1.54. The van der Waals surface area contributed by atoms with Gasteiger partial charge in [0.2, 0.25) is 0 Å². The molecule has 7 heteroatoms. The molecule has 1 heterocycles. The standard InChI is InChI=1S/C15H17ClN4O.HI/c1-10-4-3-5-12(19-10)9-18-15(17)20-11-6-7-14(21-2)13(16)8-11;/h3-8H,9H2,1-2H3,(H3,17,18,20);1H. The minimum Gasteiger partial charge on any atom is -0.495 e. The molecule has 0 aliphatic rings. The van der Waals surface area contributed by atoms with E-state index in [0.29, 0.717) is 23.3 Å². The fourth-order valence-corrected chi connectivity index (χ4v) is 2.04. The highest BCUT2D eigenvalue weighted by Gasteiger charge is 2.02. The van der Waals surface area contributed by atoms with Gasteiger partial charge in [-0.25, -0.2) is 4.99 Å². The number of halogens is 2. The third-order valence-electron chi connectivity index (χ3n) is 2.78. The van der Waals surface area contributed by atoms with Crippen molar-refractivity contribution in [3.63, 3.8) is 0 Å². The molecular weight excluding hydrogens is 415 g/mol. The highest BCUT2D eigenvalue weighted by atomic mass is 127. The summed E-state index contributed by atoms with van der Waals surface area (Å²) in [5.74, 6) is 0.918. The first-order chi connectivity index (χ1) is 10.1. The number of aliphatic imine (C=N–C) groups is 1. The van der Waals surface area contributed by atoms with Crippen LogP contribution in [0.5, 0.6) is 5.75 Å². The number of benzene rings is 1. The number of rotatable bonds is 4. The zero-order valence-electron chi connectivity index (χ0n) is 12.3. The molecule has 118 valence electrons. The molecule has 0 spiro atoms. The summed E-state index contributed by atoms with van der Waals surface area (Å²) in [5, 5.41) is 3.49. The molecule has 1 aromatic carbocycles. The number of anilines is 1. The largest absolute Gasteiger partial charge is 0.495 e. The van der Waals surface area contributed by atoms with E-state index in [1.807, 2.05) is 31.2 Å². The summed E-state index contributed by atoms with van der Waals surface area (Å²) in [5.41, 5.74) is 8.42. The fraction of sp³-hybridized carbons (Fsp3) is 0.200. The molecule has 0 aliphatic heterocycles. The lowest BCUT2D eigenvalue weighted by molar-refractivity contribution is 0.415. The highest BCUT2D eigenvalue weighted by Crippen LogP contribution is 2.26. The van der Waals surface area contributed by atoms with Crippen LogP contribution in [-0.4, -0.2) is 18.1 Å². The number of hydrogen-bond acceptors (Lipinski definition) is 3. The molecule has 1 aromatic heterocycles. The first kappa shape index (κ1) is 18.5. The molecule has 2 aromatic rings. The van der Waals surface area contributed by atoms with Crippen molar-refractivity contribution < 1.29 is 4.74 Å². The third kappa shape index (κ3) is 5.34. The van der Waals surface area contributed by atoms with Crippen LogP contribution in [0.3, 0.4) is 0 Å². The molecule has 0 unspecified atom stereocenters. The maximum Gasteiger partial charge on any atom is 0.193 e. The normalized spacial score (nSPS) is 10.8. The van der Waals surface area contributed by atoms with E-state index in [-0.39, 0.29) is 24.0 Å². The van der Waals surface area contributed by atoms with Crippen LogP contribution in [0.15, 0.2) is 41.4 Å². The van der Waals surface area contributed by atoms with Crippen LogP contribution in [0.2, 0.25) is 5.02 Å². The van der Waals surface area contributed by atoms with Crippen LogP contribution in [0.4, 0.5) is 5.69 Å². The van der Waals surface area contributed by atoms with Gasteiger partial charge in [-0.15, -0.1) is 24.0 Å². The number of nitrogens with two attached hydrogens (primary N) is 1. The average molecular weight is 433 g/mol. The maximum absolute atomic E-state index is 6.05. The lowest BCUT2D eigenvalue weighted by atomic mass is 10.3. The van der Waals surface area contributed by atoms with Crippen molar-refractivity contribution in [2.45, 2.75) is 13.5 Å². The molecule has 0 amide bonds. The van der Waals surface area contributed by atoms with Crippen molar-refractivity contribution in [1.82, 2.24) is 4.98 Å². The molecule has 0 saturated heterocycles. The second-order valence-electron chi connectivity index (χ2n) is 4.45. The third-order valence-corrected chi connectivity index (χ3v) is 3.08. The minimum absolute atomic E-state index is 0. The summed E-state index contributed by atoms with van der Waals surface area (Å²) in [6.45, 7) is 2.36. The Balaban J connectivity index is 0.00000242. The zero-order valence-corrected chi connectivity index (χ0v) is 15.4. The van der Waals surface area contributed by atoms with Crippen LogP contribution in [0.1, 0.15) is 11.4 Å². The summed E-state index contributed by atoms with van der Waals surface area (Å²) < 4.78 is 5.09. The van der Waals surface area contributed by atoms with Gasteiger partial charge in [0.25, 0.3) is 0 Å². The van der Waals surface area contributed by atoms with E-state index in [4.69, 9.17) is 22.1 Å². The molecule has 0 aliphatic carbocycles. The molecular formula is C15H18ClIN4O. The number of methoxy groups -OCH3 is 1. The fourth-order valence-electron chi connectivity index (χ4n) is 1.79. The smallest absolute Gasteiger partial charge is 0.193 e. The van der Waals surface area contributed by atoms with Crippen LogP contribution >= 0.6 is 35.6 Å². The molecule has 0 saturated carbocycles. The maximum atomic E-state index is 6.05. The monoisotopic (exact) mass is 432 g/mol. The summed E-state index contributed by atoms with van der Waals surface area (Å²) in [7, 11) is 1.57. The Morgan fingerprint density at radius 3 is 2.77 bits per heavy atom. The number of aryl methyl sites for hydroxylation is 1. The number of nitrogens with one attached hydrogen (secondary N) is 1. The van der Waals surface area contributed by atoms with Crippen molar-refractivity contribution >= 4 is 47.2 Å². The van der Waals surface area contributed by atoms with Gasteiger partial charge in [0.1, 0.15) is 5.75 Å². The van der Waals surface area contributed by atoms with Crippen molar-refractivity contribution in [2.24, 2.45) is 10.7 Å². The topological polar surface area (TPSA) is 72.5 Å². The number of pyridine rings is 1. The molecule has 0 bridgehead atoms. The quantitative estimate of drug-likeness (QED) is 0.440. The summed E-state index contributed by atoms with van der Waals surface area (Å²) in [4.78, 5) is 8.61. The molecule has 3 N–H and O–H groups in total. The van der Waals surface area contributed by atoms with Crippen LogP contribution < -0.4 is 15.8 Å². The van der Waals surface area contributed by atoms with E-state index in [2.05, 4.69) is 15.3 Å². The first-order valence-corrected chi connectivity index (χ1v) is 6.79. The molecule has 0 atom stereocenters. The van der Waals surface area contributed by atoms with Gasteiger partial charge >= 0.3 is 0 Å². The van der Waals surface area contributed by atoms with Gasteiger partial charge in [0.15, 0.2) is 5.96 Å².